The molecular formula is C27H49NO. The van der Waals surface area contributed by atoms with E-state index in [0.29, 0.717) is 11.5 Å². The third-order valence-corrected chi connectivity index (χ3v) is 10.4. The van der Waals surface area contributed by atoms with Crippen molar-refractivity contribution in [3.63, 3.8) is 0 Å². The molecule has 2 saturated carbocycles. The largest absolute Gasteiger partial charge is 0.393 e. The molecular weight excluding hydrogens is 354 g/mol. The van der Waals surface area contributed by atoms with E-state index in [1.54, 1.807) is 0 Å². The minimum atomic E-state index is -0.0631. The molecule has 2 aliphatic carbocycles. The molecule has 0 amide bonds. The third-order valence-electron chi connectivity index (χ3n) is 10.4. The van der Waals surface area contributed by atoms with E-state index in [-0.39, 0.29) is 11.6 Å². The lowest BCUT2D eigenvalue weighted by atomic mass is 9.50. The van der Waals surface area contributed by atoms with Gasteiger partial charge in [0.05, 0.1) is 6.10 Å². The van der Waals surface area contributed by atoms with Crippen LogP contribution in [0.15, 0.2) is 0 Å². The molecule has 0 aromatic carbocycles. The summed E-state index contributed by atoms with van der Waals surface area (Å²) in [7, 11) is 0. The first-order valence-electron chi connectivity index (χ1n) is 13.2. The summed E-state index contributed by atoms with van der Waals surface area (Å²) >= 11 is 0. The fraction of sp³-hybridized carbons (Fsp3) is 1.00. The van der Waals surface area contributed by atoms with Crippen molar-refractivity contribution in [2.45, 2.75) is 129 Å². The second-order valence-electron chi connectivity index (χ2n) is 12.7. The lowest BCUT2D eigenvalue weighted by molar-refractivity contribution is -0.0754. The van der Waals surface area contributed by atoms with Crippen LogP contribution in [0.3, 0.4) is 0 Å². The van der Waals surface area contributed by atoms with Gasteiger partial charge < -0.3 is 10.4 Å². The molecule has 168 valence electrons. The van der Waals surface area contributed by atoms with Gasteiger partial charge in [-0.05, 0) is 106 Å². The van der Waals surface area contributed by atoms with Crippen LogP contribution >= 0.6 is 0 Å². The maximum Gasteiger partial charge on any atom is 0.0541 e. The molecule has 0 aromatic heterocycles. The molecule has 2 bridgehead atoms. The second kappa shape index (κ2) is 8.45. The van der Waals surface area contributed by atoms with Crippen LogP contribution in [0.25, 0.3) is 0 Å². The highest BCUT2D eigenvalue weighted by Crippen LogP contribution is 2.64. The van der Waals surface area contributed by atoms with Crippen LogP contribution in [-0.2, 0) is 0 Å². The molecule has 2 N–H and O–H groups in total. The Kier molecular flexibility index (Phi) is 6.45. The maximum absolute atomic E-state index is 10.3. The number of hydrogen-bond acceptors (Lipinski definition) is 2. The van der Waals surface area contributed by atoms with Crippen LogP contribution in [0.1, 0.15) is 112 Å². The molecule has 4 aliphatic rings. The Labute approximate surface area is 181 Å². The summed E-state index contributed by atoms with van der Waals surface area (Å²) in [5.41, 5.74) is 0.849. The summed E-state index contributed by atoms with van der Waals surface area (Å²) in [6, 6.07) is 0.640. The molecule has 29 heavy (non-hydrogen) atoms. The van der Waals surface area contributed by atoms with Gasteiger partial charge in [0.1, 0.15) is 0 Å². The predicted octanol–water partition coefficient (Wildman–Crippen LogP) is 6.56. The number of hydrogen-bond donors (Lipinski definition) is 2. The van der Waals surface area contributed by atoms with E-state index in [0.717, 1.165) is 48.3 Å². The first-order chi connectivity index (χ1) is 13.7. The minimum Gasteiger partial charge on any atom is -0.393 e. The number of nitrogens with one attached hydrogen (secondary N) is 1. The van der Waals surface area contributed by atoms with E-state index < -0.39 is 0 Å². The van der Waals surface area contributed by atoms with Crippen molar-refractivity contribution in [3.8, 4) is 0 Å². The van der Waals surface area contributed by atoms with Crippen LogP contribution in [0.4, 0.5) is 0 Å². The van der Waals surface area contributed by atoms with Crippen molar-refractivity contribution in [1.29, 1.82) is 0 Å². The smallest absolute Gasteiger partial charge is 0.0541 e. The second-order valence-corrected chi connectivity index (χ2v) is 12.7. The molecule has 0 aromatic rings. The lowest BCUT2D eigenvalue weighted by Crippen LogP contribution is -2.64. The lowest BCUT2D eigenvalue weighted by Gasteiger charge is -2.59. The quantitative estimate of drug-likeness (QED) is 0.544. The number of piperidine rings is 1. The molecule has 0 radical (unpaired) electrons. The number of aliphatic hydroxyl groups is 1. The highest BCUT2D eigenvalue weighted by Gasteiger charge is 2.59. The average Bonchev–Trinajstić information content (AvgIpc) is 3.01. The Morgan fingerprint density at radius 3 is 2.45 bits per heavy atom. The van der Waals surface area contributed by atoms with Gasteiger partial charge in [-0.25, -0.2) is 0 Å². The first kappa shape index (κ1) is 22.1. The molecule has 2 heterocycles. The normalized spacial score (nSPS) is 48.5. The van der Waals surface area contributed by atoms with Crippen LogP contribution in [0.5, 0.6) is 0 Å². The summed E-state index contributed by atoms with van der Waals surface area (Å²) in [6.45, 7) is 12.5. The Morgan fingerprint density at radius 2 is 1.69 bits per heavy atom. The molecule has 2 heteroatoms. The Morgan fingerprint density at radius 1 is 0.897 bits per heavy atom. The van der Waals surface area contributed by atoms with Crippen LogP contribution in [-0.4, -0.2) is 22.8 Å². The summed E-state index contributed by atoms with van der Waals surface area (Å²) < 4.78 is 0. The Bertz CT molecular complexity index is 561. The zero-order chi connectivity index (χ0) is 20.8. The summed E-state index contributed by atoms with van der Waals surface area (Å²) in [6.07, 6.45) is 15.8. The molecule has 9 unspecified atom stereocenters. The van der Waals surface area contributed by atoms with E-state index in [9.17, 15) is 5.11 Å². The van der Waals surface area contributed by atoms with E-state index in [2.05, 4.69) is 39.9 Å². The van der Waals surface area contributed by atoms with Gasteiger partial charge >= 0.3 is 0 Å². The van der Waals surface area contributed by atoms with Crippen molar-refractivity contribution < 1.29 is 5.11 Å². The summed E-state index contributed by atoms with van der Waals surface area (Å²) in [5.74, 6) is 5.41. The van der Waals surface area contributed by atoms with E-state index in [4.69, 9.17) is 0 Å². The SMILES string of the molecule is CC(C)CCCC(C)C1CCC2C3CC4CCC(O)CCC(C)(N4)C3CCC12C. The fourth-order valence-electron chi connectivity index (χ4n) is 8.84. The van der Waals surface area contributed by atoms with Gasteiger partial charge in [0, 0.05) is 11.6 Å². The van der Waals surface area contributed by atoms with E-state index in [1.807, 2.05) is 0 Å². The zero-order valence-electron chi connectivity index (χ0n) is 20.1. The Hall–Kier alpha value is -0.0800. The standard InChI is InChI=1S/C27H49NO/c1-18(2)7-6-8-19(3)23-11-12-24-22-17-20-9-10-21(29)13-16-27(5,28-20)25(22)14-15-26(23,24)4/h18-25,28-29H,6-17H2,1-5H3. The molecule has 4 fully saturated rings. The van der Waals surface area contributed by atoms with Crippen molar-refractivity contribution in [2.24, 2.45) is 40.9 Å². The van der Waals surface area contributed by atoms with Crippen LogP contribution in [0, 0.1) is 40.9 Å². The molecule has 2 saturated heterocycles. The summed E-state index contributed by atoms with van der Waals surface area (Å²) in [5, 5.41) is 14.4. The highest BCUT2D eigenvalue weighted by atomic mass is 16.3. The third kappa shape index (κ3) is 4.19. The van der Waals surface area contributed by atoms with Crippen molar-refractivity contribution in [1.82, 2.24) is 5.32 Å². The van der Waals surface area contributed by atoms with Gasteiger partial charge in [0.25, 0.3) is 0 Å². The zero-order valence-corrected chi connectivity index (χ0v) is 20.1. The first-order valence-corrected chi connectivity index (χ1v) is 13.2. The topological polar surface area (TPSA) is 32.3 Å². The van der Waals surface area contributed by atoms with Gasteiger partial charge in [-0.2, -0.15) is 0 Å². The number of aliphatic hydroxyl groups excluding tert-OH is 1. The van der Waals surface area contributed by atoms with Gasteiger partial charge in [-0.15, -0.1) is 0 Å². The fourth-order valence-corrected chi connectivity index (χ4v) is 8.84. The number of fused-ring (bicyclic) bond motifs is 6. The predicted molar refractivity (Wildman–Crippen MR) is 123 cm³/mol. The van der Waals surface area contributed by atoms with E-state index in [1.165, 1.54) is 64.2 Å². The average molecular weight is 404 g/mol. The molecule has 9 atom stereocenters. The molecule has 0 spiro atoms. The van der Waals surface area contributed by atoms with Gasteiger partial charge in [0.15, 0.2) is 0 Å². The van der Waals surface area contributed by atoms with Gasteiger partial charge in [-0.3, -0.25) is 0 Å². The van der Waals surface area contributed by atoms with Gasteiger partial charge in [-0.1, -0.05) is 47.0 Å². The van der Waals surface area contributed by atoms with Crippen LogP contribution < -0.4 is 5.32 Å². The van der Waals surface area contributed by atoms with Crippen molar-refractivity contribution in [3.05, 3.63) is 0 Å². The van der Waals surface area contributed by atoms with Crippen LogP contribution in [0.2, 0.25) is 0 Å². The highest BCUT2D eigenvalue weighted by molar-refractivity contribution is 5.11. The van der Waals surface area contributed by atoms with Crippen molar-refractivity contribution in [2.75, 3.05) is 0 Å². The molecule has 2 nitrogen and oxygen atoms in total. The maximum atomic E-state index is 10.3. The molecule has 4 rings (SSSR count). The molecule has 2 aliphatic heterocycles. The van der Waals surface area contributed by atoms with Crippen molar-refractivity contribution >= 4 is 0 Å². The van der Waals surface area contributed by atoms with E-state index >= 15 is 0 Å². The summed E-state index contributed by atoms with van der Waals surface area (Å²) in [4.78, 5) is 0. The monoisotopic (exact) mass is 403 g/mol. The Balaban J connectivity index is 1.49. The van der Waals surface area contributed by atoms with Gasteiger partial charge in [0.2, 0.25) is 0 Å². The number of rotatable bonds is 5. The minimum absolute atomic E-state index is 0.0631.